The molecular weight excluding hydrogens is 396 g/mol. The lowest BCUT2D eigenvalue weighted by molar-refractivity contribution is -0.121. The van der Waals surface area contributed by atoms with Gasteiger partial charge in [-0.25, -0.2) is 0 Å². The number of piperidine rings is 1. The normalized spacial score (nSPS) is 14.1. The first-order valence-corrected chi connectivity index (χ1v) is 10.6. The summed E-state index contributed by atoms with van der Waals surface area (Å²) in [5.74, 6) is 1.90. The van der Waals surface area contributed by atoms with Crippen LogP contribution >= 0.6 is 0 Å². The molecule has 1 heterocycles. The Hall–Kier alpha value is -3.22. The van der Waals surface area contributed by atoms with Gasteiger partial charge in [-0.05, 0) is 49.6 Å². The average Bonchev–Trinajstić information content (AvgIpc) is 2.80. The standard InChI is InChI=1S/C24H30N2O5/c1-4-31-20-7-5-17(6-8-20)13-23(27)25-19-9-11-26(12-10-19)24(28)18-14-21(29-2)16-22(15-18)30-3/h5-8,14-16,19H,4,9-13H2,1-3H3,(H,25,27). The summed E-state index contributed by atoms with van der Waals surface area (Å²) >= 11 is 0. The first-order chi connectivity index (χ1) is 15.0. The number of methoxy groups -OCH3 is 2. The van der Waals surface area contributed by atoms with Crippen LogP contribution in [0.1, 0.15) is 35.7 Å². The van der Waals surface area contributed by atoms with Crippen molar-refractivity contribution in [2.75, 3.05) is 33.9 Å². The second-order valence-electron chi connectivity index (χ2n) is 7.49. The molecule has 0 radical (unpaired) electrons. The van der Waals surface area contributed by atoms with E-state index in [1.165, 1.54) is 0 Å². The van der Waals surface area contributed by atoms with Gasteiger partial charge in [0.05, 0.1) is 27.2 Å². The Kier molecular flexibility index (Phi) is 7.76. The molecule has 0 saturated carbocycles. The van der Waals surface area contributed by atoms with Crippen molar-refractivity contribution in [2.24, 2.45) is 0 Å². The molecule has 166 valence electrons. The van der Waals surface area contributed by atoms with E-state index in [9.17, 15) is 9.59 Å². The first-order valence-electron chi connectivity index (χ1n) is 10.6. The number of likely N-dealkylation sites (tertiary alicyclic amines) is 1. The van der Waals surface area contributed by atoms with Crippen molar-refractivity contribution in [2.45, 2.75) is 32.2 Å². The smallest absolute Gasteiger partial charge is 0.254 e. The van der Waals surface area contributed by atoms with Gasteiger partial charge < -0.3 is 24.4 Å². The second-order valence-corrected chi connectivity index (χ2v) is 7.49. The minimum absolute atomic E-state index is 0.00790. The molecule has 2 aromatic rings. The van der Waals surface area contributed by atoms with Gasteiger partial charge in [-0.2, -0.15) is 0 Å². The minimum Gasteiger partial charge on any atom is -0.497 e. The SMILES string of the molecule is CCOc1ccc(CC(=O)NC2CCN(C(=O)c3cc(OC)cc(OC)c3)CC2)cc1. The highest BCUT2D eigenvalue weighted by Gasteiger charge is 2.25. The van der Waals surface area contributed by atoms with E-state index in [1.807, 2.05) is 36.1 Å². The quantitative estimate of drug-likeness (QED) is 0.702. The molecule has 0 spiro atoms. The van der Waals surface area contributed by atoms with Crippen LogP contribution in [0.15, 0.2) is 42.5 Å². The van der Waals surface area contributed by atoms with Crippen molar-refractivity contribution >= 4 is 11.8 Å². The molecule has 1 aliphatic heterocycles. The van der Waals surface area contributed by atoms with Gasteiger partial charge in [0.15, 0.2) is 0 Å². The fourth-order valence-electron chi connectivity index (χ4n) is 3.67. The van der Waals surface area contributed by atoms with E-state index in [2.05, 4.69) is 5.32 Å². The van der Waals surface area contributed by atoms with Gasteiger partial charge in [0, 0.05) is 30.8 Å². The van der Waals surface area contributed by atoms with Gasteiger partial charge in [0.2, 0.25) is 5.91 Å². The monoisotopic (exact) mass is 426 g/mol. The number of rotatable bonds is 8. The van der Waals surface area contributed by atoms with Crippen molar-refractivity contribution in [3.8, 4) is 17.2 Å². The Morgan fingerprint density at radius 2 is 1.58 bits per heavy atom. The number of benzene rings is 2. The molecule has 7 nitrogen and oxygen atoms in total. The predicted molar refractivity (Wildman–Crippen MR) is 118 cm³/mol. The van der Waals surface area contributed by atoms with Crippen molar-refractivity contribution < 1.29 is 23.8 Å². The fraction of sp³-hybridized carbons (Fsp3) is 0.417. The fourth-order valence-corrected chi connectivity index (χ4v) is 3.67. The number of hydrogen-bond donors (Lipinski definition) is 1. The molecule has 31 heavy (non-hydrogen) atoms. The zero-order valence-electron chi connectivity index (χ0n) is 18.3. The summed E-state index contributed by atoms with van der Waals surface area (Å²) < 4.78 is 15.9. The highest BCUT2D eigenvalue weighted by Crippen LogP contribution is 2.24. The number of ether oxygens (including phenoxy) is 3. The van der Waals surface area contributed by atoms with Crippen LogP contribution in [0.5, 0.6) is 17.2 Å². The maximum atomic E-state index is 12.9. The molecule has 0 unspecified atom stereocenters. The Morgan fingerprint density at radius 3 is 2.13 bits per heavy atom. The second kappa shape index (κ2) is 10.7. The number of nitrogens with zero attached hydrogens (tertiary/aromatic N) is 1. The third kappa shape index (κ3) is 6.13. The van der Waals surface area contributed by atoms with Crippen LogP contribution < -0.4 is 19.5 Å². The molecule has 3 rings (SSSR count). The Bertz CT molecular complexity index is 867. The maximum absolute atomic E-state index is 12.9. The van der Waals surface area contributed by atoms with Crippen LogP contribution in [0.25, 0.3) is 0 Å². The van der Waals surface area contributed by atoms with Crippen molar-refractivity contribution in [3.63, 3.8) is 0 Å². The van der Waals surface area contributed by atoms with Crippen LogP contribution in [0.4, 0.5) is 0 Å². The lowest BCUT2D eigenvalue weighted by Crippen LogP contribution is -2.46. The van der Waals surface area contributed by atoms with Crippen LogP contribution in [0.2, 0.25) is 0 Å². The topological polar surface area (TPSA) is 77.1 Å². The number of amides is 2. The summed E-state index contributed by atoms with van der Waals surface area (Å²) in [6.07, 6.45) is 1.78. The Morgan fingerprint density at radius 1 is 0.968 bits per heavy atom. The molecule has 0 atom stereocenters. The summed E-state index contributed by atoms with van der Waals surface area (Å²) in [4.78, 5) is 27.1. The molecule has 0 aromatic heterocycles. The summed E-state index contributed by atoms with van der Waals surface area (Å²) in [6.45, 7) is 3.74. The average molecular weight is 427 g/mol. The molecule has 1 fully saturated rings. The molecule has 1 saturated heterocycles. The molecule has 0 aliphatic carbocycles. The Balaban J connectivity index is 1.50. The van der Waals surface area contributed by atoms with Gasteiger partial charge in [-0.15, -0.1) is 0 Å². The molecule has 1 N–H and O–H groups in total. The van der Waals surface area contributed by atoms with Crippen LogP contribution in [-0.2, 0) is 11.2 Å². The van der Waals surface area contributed by atoms with Crippen LogP contribution in [0, 0.1) is 0 Å². The maximum Gasteiger partial charge on any atom is 0.254 e. The zero-order chi connectivity index (χ0) is 22.2. The van der Waals surface area contributed by atoms with E-state index in [0.29, 0.717) is 43.2 Å². The molecule has 0 bridgehead atoms. The zero-order valence-corrected chi connectivity index (χ0v) is 18.3. The molecule has 7 heteroatoms. The van der Waals surface area contributed by atoms with Gasteiger partial charge in [0.1, 0.15) is 17.2 Å². The first kappa shape index (κ1) is 22.5. The summed E-state index contributed by atoms with van der Waals surface area (Å²) in [5, 5.41) is 3.09. The Labute approximate surface area is 183 Å². The number of carbonyl (C=O) groups excluding carboxylic acids is 2. The highest BCUT2D eigenvalue weighted by atomic mass is 16.5. The minimum atomic E-state index is -0.0589. The van der Waals surface area contributed by atoms with Gasteiger partial charge in [0.25, 0.3) is 5.91 Å². The molecule has 2 aromatic carbocycles. The number of hydrogen-bond acceptors (Lipinski definition) is 5. The van der Waals surface area contributed by atoms with E-state index >= 15 is 0 Å². The van der Waals surface area contributed by atoms with Crippen molar-refractivity contribution in [1.82, 2.24) is 10.2 Å². The van der Waals surface area contributed by atoms with Crippen LogP contribution in [0.3, 0.4) is 0 Å². The van der Waals surface area contributed by atoms with Gasteiger partial charge >= 0.3 is 0 Å². The summed E-state index contributed by atoms with van der Waals surface area (Å²) in [6, 6.07) is 12.8. The highest BCUT2D eigenvalue weighted by molar-refractivity contribution is 5.95. The van der Waals surface area contributed by atoms with Crippen molar-refractivity contribution in [1.29, 1.82) is 0 Å². The third-order valence-electron chi connectivity index (χ3n) is 5.34. The van der Waals surface area contributed by atoms with E-state index in [1.54, 1.807) is 32.4 Å². The van der Waals surface area contributed by atoms with Gasteiger partial charge in [-0.1, -0.05) is 12.1 Å². The van der Waals surface area contributed by atoms with E-state index in [-0.39, 0.29) is 17.9 Å². The summed E-state index contributed by atoms with van der Waals surface area (Å²) in [5.41, 5.74) is 1.48. The van der Waals surface area contributed by atoms with E-state index in [0.717, 1.165) is 24.2 Å². The lowest BCUT2D eigenvalue weighted by Gasteiger charge is -2.32. The molecule has 2 amide bonds. The lowest BCUT2D eigenvalue weighted by atomic mass is 10.0. The number of carbonyl (C=O) groups is 2. The van der Waals surface area contributed by atoms with Crippen LogP contribution in [-0.4, -0.2) is 56.7 Å². The van der Waals surface area contributed by atoms with E-state index in [4.69, 9.17) is 14.2 Å². The summed E-state index contributed by atoms with van der Waals surface area (Å²) in [7, 11) is 3.12. The predicted octanol–water partition coefficient (Wildman–Crippen LogP) is 3.07. The van der Waals surface area contributed by atoms with Gasteiger partial charge in [-0.3, -0.25) is 9.59 Å². The number of nitrogens with one attached hydrogen (secondary N) is 1. The third-order valence-corrected chi connectivity index (χ3v) is 5.34. The van der Waals surface area contributed by atoms with Crippen molar-refractivity contribution in [3.05, 3.63) is 53.6 Å². The molecular formula is C24H30N2O5. The van der Waals surface area contributed by atoms with E-state index < -0.39 is 0 Å². The largest absolute Gasteiger partial charge is 0.497 e. The molecule has 1 aliphatic rings.